The average molecular weight is 207 g/mol. The van der Waals surface area contributed by atoms with Crippen LogP contribution in [0.4, 0.5) is 4.39 Å². The fourth-order valence-corrected chi connectivity index (χ4v) is 1.76. The number of hydrogen-bond acceptors (Lipinski definition) is 1. The van der Waals surface area contributed by atoms with Gasteiger partial charge in [-0.05, 0) is 31.4 Å². The van der Waals surface area contributed by atoms with E-state index in [0.29, 0.717) is 18.4 Å². The molecule has 15 heavy (non-hydrogen) atoms. The summed E-state index contributed by atoms with van der Waals surface area (Å²) in [6, 6.07) is 7.43. The van der Waals surface area contributed by atoms with E-state index in [-0.39, 0.29) is 11.9 Å². The normalized spacial score (nSPS) is 24.4. The van der Waals surface area contributed by atoms with Crippen molar-refractivity contribution in [2.45, 2.75) is 32.0 Å². The maximum atomic E-state index is 12.5. The number of alkyl halides is 1. The van der Waals surface area contributed by atoms with Crippen LogP contribution in [0.3, 0.4) is 0 Å². The average Bonchev–Trinajstić information content (AvgIpc) is 2.16. The number of hydrogen-bond donors (Lipinski definition) is 1. The second-order valence-electron chi connectivity index (χ2n) is 4.05. The van der Waals surface area contributed by atoms with Crippen molar-refractivity contribution >= 4 is 5.91 Å². The maximum Gasteiger partial charge on any atom is 0.251 e. The van der Waals surface area contributed by atoms with Gasteiger partial charge in [-0.3, -0.25) is 4.79 Å². The van der Waals surface area contributed by atoms with Crippen molar-refractivity contribution in [2.24, 2.45) is 0 Å². The molecule has 1 aliphatic carbocycles. The third-order valence-corrected chi connectivity index (χ3v) is 2.81. The highest BCUT2D eigenvalue weighted by Crippen LogP contribution is 2.23. The molecular weight excluding hydrogens is 193 g/mol. The maximum absolute atomic E-state index is 12.5. The molecule has 3 heteroatoms. The highest BCUT2D eigenvalue weighted by molar-refractivity contribution is 5.95. The molecule has 0 saturated heterocycles. The third kappa shape index (κ3) is 2.17. The Morgan fingerprint density at radius 2 is 2.07 bits per heavy atom. The Balaban J connectivity index is 1.99. The molecule has 0 bridgehead atoms. The van der Waals surface area contributed by atoms with Gasteiger partial charge in [-0.2, -0.15) is 0 Å². The van der Waals surface area contributed by atoms with E-state index in [9.17, 15) is 9.18 Å². The van der Waals surface area contributed by atoms with Crippen molar-refractivity contribution in [3.8, 4) is 0 Å². The van der Waals surface area contributed by atoms with Gasteiger partial charge in [0.2, 0.25) is 0 Å². The zero-order chi connectivity index (χ0) is 10.8. The largest absolute Gasteiger partial charge is 0.349 e. The lowest BCUT2D eigenvalue weighted by Gasteiger charge is -2.30. The highest BCUT2D eigenvalue weighted by Gasteiger charge is 2.30. The Labute approximate surface area is 88.5 Å². The first-order valence-electron chi connectivity index (χ1n) is 5.17. The van der Waals surface area contributed by atoms with E-state index in [4.69, 9.17) is 0 Å². The van der Waals surface area contributed by atoms with Crippen LogP contribution in [0.1, 0.15) is 28.8 Å². The molecule has 0 aromatic heterocycles. The minimum atomic E-state index is -0.729. The van der Waals surface area contributed by atoms with Crippen LogP contribution < -0.4 is 5.32 Å². The van der Waals surface area contributed by atoms with E-state index in [1.54, 1.807) is 6.07 Å². The number of aryl methyl sites for hydroxylation is 1. The third-order valence-electron chi connectivity index (χ3n) is 2.81. The van der Waals surface area contributed by atoms with Crippen LogP contribution >= 0.6 is 0 Å². The second-order valence-corrected chi connectivity index (χ2v) is 4.05. The van der Waals surface area contributed by atoms with Crippen molar-refractivity contribution in [3.63, 3.8) is 0 Å². The van der Waals surface area contributed by atoms with Gasteiger partial charge >= 0.3 is 0 Å². The van der Waals surface area contributed by atoms with Crippen molar-refractivity contribution < 1.29 is 9.18 Å². The molecule has 0 unspecified atom stereocenters. The van der Waals surface area contributed by atoms with Crippen molar-refractivity contribution in [1.29, 1.82) is 0 Å². The summed E-state index contributed by atoms with van der Waals surface area (Å²) in [4.78, 5) is 11.7. The smallest absolute Gasteiger partial charge is 0.251 e. The number of carbonyl (C=O) groups is 1. The van der Waals surface area contributed by atoms with Gasteiger partial charge in [0.1, 0.15) is 6.17 Å². The minimum absolute atomic E-state index is 0.0205. The molecule has 1 aromatic carbocycles. The van der Waals surface area contributed by atoms with Gasteiger partial charge in [-0.25, -0.2) is 4.39 Å². The number of amides is 1. The number of rotatable bonds is 2. The number of halogens is 1. The summed E-state index contributed by atoms with van der Waals surface area (Å²) in [5.41, 5.74) is 1.63. The molecule has 80 valence electrons. The predicted octanol–water partition coefficient (Wildman–Crippen LogP) is 2.23. The first kappa shape index (κ1) is 10.1. The molecule has 0 radical (unpaired) electrons. The summed E-state index contributed by atoms with van der Waals surface area (Å²) in [6.45, 7) is 1.90. The zero-order valence-electron chi connectivity index (χ0n) is 8.66. The lowest BCUT2D eigenvalue weighted by molar-refractivity contribution is 0.0860. The van der Waals surface area contributed by atoms with Gasteiger partial charge in [0.15, 0.2) is 0 Å². The molecule has 1 saturated carbocycles. The summed E-state index contributed by atoms with van der Waals surface area (Å²) in [5, 5.41) is 2.82. The number of nitrogens with one attached hydrogen (secondary N) is 1. The lowest BCUT2D eigenvalue weighted by atomic mass is 9.90. The summed E-state index contributed by atoms with van der Waals surface area (Å²) >= 11 is 0. The van der Waals surface area contributed by atoms with E-state index < -0.39 is 6.17 Å². The van der Waals surface area contributed by atoms with Crippen LogP contribution in [-0.4, -0.2) is 18.1 Å². The Hall–Kier alpha value is -1.38. The summed E-state index contributed by atoms with van der Waals surface area (Å²) < 4.78 is 12.5. The quantitative estimate of drug-likeness (QED) is 0.791. The monoisotopic (exact) mass is 207 g/mol. The van der Waals surface area contributed by atoms with E-state index in [1.165, 1.54) is 0 Å². The minimum Gasteiger partial charge on any atom is -0.349 e. The Kier molecular flexibility index (Phi) is 2.71. The van der Waals surface area contributed by atoms with Gasteiger partial charge in [0.25, 0.3) is 5.91 Å². The van der Waals surface area contributed by atoms with Crippen molar-refractivity contribution in [2.75, 3.05) is 0 Å². The Morgan fingerprint density at radius 1 is 1.40 bits per heavy atom. The topological polar surface area (TPSA) is 29.1 Å². The lowest BCUT2D eigenvalue weighted by Crippen LogP contribution is -2.45. The van der Waals surface area contributed by atoms with Crippen LogP contribution in [0.2, 0.25) is 0 Å². The number of carbonyl (C=O) groups excluding carboxylic acids is 1. The number of benzene rings is 1. The van der Waals surface area contributed by atoms with Crippen molar-refractivity contribution in [3.05, 3.63) is 35.4 Å². The first-order chi connectivity index (χ1) is 7.16. The van der Waals surface area contributed by atoms with Gasteiger partial charge in [0.05, 0.1) is 0 Å². The van der Waals surface area contributed by atoms with Gasteiger partial charge < -0.3 is 5.32 Å². The van der Waals surface area contributed by atoms with Crippen LogP contribution in [-0.2, 0) is 0 Å². The molecule has 0 heterocycles. The van der Waals surface area contributed by atoms with Crippen LogP contribution in [0.25, 0.3) is 0 Å². The molecule has 2 nitrogen and oxygen atoms in total. The zero-order valence-corrected chi connectivity index (χ0v) is 8.66. The molecule has 1 aliphatic rings. The molecule has 1 fully saturated rings. The first-order valence-corrected chi connectivity index (χ1v) is 5.17. The van der Waals surface area contributed by atoms with Crippen LogP contribution in [0.15, 0.2) is 24.3 Å². The second kappa shape index (κ2) is 4.01. The van der Waals surface area contributed by atoms with Crippen molar-refractivity contribution in [1.82, 2.24) is 5.32 Å². The van der Waals surface area contributed by atoms with E-state index >= 15 is 0 Å². The van der Waals surface area contributed by atoms with Gasteiger partial charge in [0, 0.05) is 11.6 Å². The molecule has 0 spiro atoms. The van der Waals surface area contributed by atoms with Gasteiger partial charge in [-0.1, -0.05) is 18.2 Å². The molecular formula is C12H14FNO. The predicted molar refractivity (Wildman–Crippen MR) is 56.6 cm³/mol. The molecule has 1 aromatic rings. The van der Waals surface area contributed by atoms with Crippen LogP contribution in [0, 0.1) is 6.92 Å². The summed E-state index contributed by atoms with van der Waals surface area (Å²) in [5.74, 6) is -0.0926. The molecule has 0 aliphatic heterocycles. The standard InChI is InChI=1S/C12H14FNO/c1-8-4-2-3-5-11(8)12(15)14-10-6-9(13)7-10/h2-5,9-10H,6-7H2,1H3,(H,14,15). The van der Waals surface area contributed by atoms with E-state index in [0.717, 1.165) is 5.56 Å². The molecule has 1 amide bonds. The molecule has 0 atom stereocenters. The highest BCUT2D eigenvalue weighted by atomic mass is 19.1. The fourth-order valence-electron chi connectivity index (χ4n) is 1.76. The van der Waals surface area contributed by atoms with E-state index in [1.807, 2.05) is 25.1 Å². The summed E-state index contributed by atoms with van der Waals surface area (Å²) in [7, 11) is 0. The fraction of sp³-hybridized carbons (Fsp3) is 0.417. The van der Waals surface area contributed by atoms with Crippen LogP contribution in [0.5, 0.6) is 0 Å². The molecule has 1 N–H and O–H groups in total. The molecule has 2 rings (SSSR count). The SMILES string of the molecule is Cc1ccccc1C(=O)NC1CC(F)C1. The summed E-state index contributed by atoms with van der Waals surface area (Å²) in [6.07, 6.45) is 0.182. The van der Waals surface area contributed by atoms with E-state index in [2.05, 4.69) is 5.32 Å². The Morgan fingerprint density at radius 3 is 2.67 bits per heavy atom. The van der Waals surface area contributed by atoms with Gasteiger partial charge in [-0.15, -0.1) is 0 Å². The Bertz CT molecular complexity index is 372.